The fourth-order valence-electron chi connectivity index (χ4n) is 2.66. The van der Waals surface area contributed by atoms with Gasteiger partial charge in [0.25, 0.3) is 0 Å². The standard InChI is InChI=1S/C17H19NOS/c1-17(2)16(14-9-4-5-10-15(14)19-17)18-12-7-6-8-13(11-12)20-3/h4-11,16,18H,1-3H3. The largest absolute Gasteiger partial charge is 0.485 e. The highest BCUT2D eigenvalue weighted by Gasteiger charge is 2.40. The molecule has 1 aliphatic rings. The van der Waals surface area contributed by atoms with Crippen molar-refractivity contribution in [2.75, 3.05) is 11.6 Å². The van der Waals surface area contributed by atoms with Crippen LogP contribution >= 0.6 is 11.8 Å². The molecule has 1 heterocycles. The molecule has 2 aromatic carbocycles. The van der Waals surface area contributed by atoms with Gasteiger partial charge in [0.05, 0.1) is 6.04 Å². The van der Waals surface area contributed by atoms with Crippen LogP contribution < -0.4 is 10.1 Å². The Kier molecular flexibility index (Phi) is 3.38. The highest BCUT2D eigenvalue weighted by molar-refractivity contribution is 7.98. The molecule has 0 saturated heterocycles. The van der Waals surface area contributed by atoms with E-state index in [1.54, 1.807) is 11.8 Å². The average molecular weight is 285 g/mol. The van der Waals surface area contributed by atoms with Crippen molar-refractivity contribution < 1.29 is 4.74 Å². The summed E-state index contributed by atoms with van der Waals surface area (Å²) >= 11 is 1.76. The summed E-state index contributed by atoms with van der Waals surface area (Å²) in [6.45, 7) is 4.26. The van der Waals surface area contributed by atoms with Gasteiger partial charge in [-0.2, -0.15) is 0 Å². The van der Waals surface area contributed by atoms with Gasteiger partial charge in [0, 0.05) is 16.1 Å². The number of nitrogens with one attached hydrogen (secondary N) is 1. The summed E-state index contributed by atoms with van der Waals surface area (Å²) in [6.07, 6.45) is 2.09. The fraction of sp³-hybridized carbons (Fsp3) is 0.294. The van der Waals surface area contributed by atoms with E-state index < -0.39 is 0 Å². The van der Waals surface area contributed by atoms with E-state index in [0.717, 1.165) is 11.4 Å². The van der Waals surface area contributed by atoms with Crippen LogP contribution in [-0.4, -0.2) is 11.9 Å². The number of benzene rings is 2. The molecule has 3 rings (SSSR count). The predicted octanol–water partition coefficient (Wildman–Crippen LogP) is 4.73. The van der Waals surface area contributed by atoms with Crippen LogP contribution in [0.15, 0.2) is 53.4 Å². The van der Waals surface area contributed by atoms with Crippen LogP contribution in [0.2, 0.25) is 0 Å². The van der Waals surface area contributed by atoms with Crippen LogP contribution in [0, 0.1) is 0 Å². The minimum atomic E-state index is -0.251. The summed E-state index contributed by atoms with van der Waals surface area (Å²) in [5.74, 6) is 0.982. The maximum absolute atomic E-state index is 6.07. The Balaban J connectivity index is 1.92. The van der Waals surface area contributed by atoms with Gasteiger partial charge in [-0.25, -0.2) is 0 Å². The number of ether oxygens (including phenoxy) is 1. The molecule has 1 aliphatic heterocycles. The molecule has 0 fully saturated rings. The van der Waals surface area contributed by atoms with Crippen molar-refractivity contribution in [1.82, 2.24) is 0 Å². The minimum absolute atomic E-state index is 0.163. The molecule has 20 heavy (non-hydrogen) atoms. The maximum atomic E-state index is 6.07. The van der Waals surface area contributed by atoms with E-state index in [0.29, 0.717) is 0 Å². The third-order valence-electron chi connectivity index (χ3n) is 3.68. The molecule has 1 unspecified atom stereocenters. The van der Waals surface area contributed by atoms with Gasteiger partial charge >= 0.3 is 0 Å². The quantitative estimate of drug-likeness (QED) is 0.824. The number of hydrogen-bond acceptors (Lipinski definition) is 3. The van der Waals surface area contributed by atoms with Gasteiger partial charge in [-0.1, -0.05) is 24.3 Å². The molecule has 2 aromatic rings. The van der Waals surface area contributed by atoms with Crippen molar-refractivity contribution in [3.05, 3.63) is 54.1 Å². The molecule has 2 nitrogen and oxygen atoms in total. The number of rotatable bonds is 3. The van der Waals surface area contributed by atoms with Crippen molar-refractivity contribution in [2.24, 2.45) is 0 Å². The van der Waals surface area contributed by atoms with Crippen molar-refractivity contribution in [2.45, 2.75) is 30.4 Å². The van der Waals surface area contributed by atoms with Crippen LogP contribution in [0.3, 0.4) is 0 Å². The van der Waals surface area contributed by atoms with E-state index in [9.17, 15) is 0 Å². The number of hydrogen-bond donors (Lipinski definition) is 1. The lowest BCUT2D eigenvalue weighted by Gasteiger charge is -2.28. The molecule has 0 aliphatic carbocycles. The highest BCUT2D eigenvalue weighted by Crippen LogP contribution is 2.44. The zero-order chi connectivity index (χ0) is 14.2. The highest BCUT2D eigenvalue weighted by atomic mass is 32.2. The summed E-state index contributed by atoms with van der Waals surface area (Å²) in [6, 6.07) is 16.9. The Labute approximate surface area is 124 Å². The SMILES string of the molecule is CSc1cccc(NC2c3ccccc3OC2(C)C)c1. The van der Waals surface area contributed by atoms with Crippen molar-refractivity contribution in [3.63, 3.8) is 0 Å². The molecule has 1 N–H and O–H groups in total. The Hall–Kier alpha value is -1.61. The van der Waals surface area contributed by atoms with Crippen LogP contribution in [0.25, 0.3) is 0 Å². The number of anilines is 1. The topological polar surface area (TPSA) is 21.3 Å². The number of thioether (sulfide) groups is 1. The van der Waals surface area contributed by atoms with Gasteiger partial charge in [-0.15, -0.1) is 11.8 Å². The second kappa shape index (κ2) is 5.06. The van der Waals surface area contributed by atoms with Crippen molar-refractivity contribution in [1.29, 1.82) is 0 Å². The second-order valence-corrected chi connectivity index (χ2v) is 6.43. The monoisotopic (exact) mass is 285 g/mol. The number of fused-ring (bicyclic) bond motifs is 1. The first-order valence-electron chi connectivity index (χ1n) is 6.79. The predicted molar refractivity (Wildman–Crippen MR) is 85.7 cm³/mol. The molecule has 0 radical (unpaired) electrons. The molecule has 0 aromatic heterocycles. The van der Waals surface area contributed by atoms with Crippen LogP contribution in [0.4, 0.5) is 5.69 Å². The van der Waals surface area contributed by atoms with Gasteiger partial charge in [0.15, 0.2) is 0 Å². The van der Waals surface area contributed by atoms with Crippen LogP contribution in [0.1, 0.15) is 25.5 Å². The number of para-hydroxylation sites is 1. The first-order valence-corrected chi connectivity index (χ1v) is 8.01. The maximum Gasteiger partial charge on any atom is 0.128 e. The van der Waals surface area contributed by atoms with E-state index in [2.05, 4.69) is 61.8 Å². The van der Waals surface area contributed by atoms with Crippen LogP contribution in [0.5, 0.6) is 5.75 Å². The van der Waals surface area contributed by atoms with E-state index in [1.165, 1.54) is 10.5 Å². The van der Waals surface area contributed by atoms with Gasteiger partial charge < -0.3 is 10.1 Å². The minimum Gasteiger partial charge on any atom is -0.485 e. The summed E-state index contributed by atoms with van der Waals surface area (Å²) in [4.78, 5) is 1.26. The molecule has 104 valence electrons. The molecule has 1 atom stereocenters. The Morgan fingerprint density at radius 2 is 1.90 bits per heavy atom. The summed E-state index contributed by atoms with van der Waals surface area (Å²) in [5.41, 5.74) is 2.11. The molecule has 0 bridgehead atoms. The first kappa shape index (κ1) is 13.4. The van der Waals surface area contributed by atoms with E-state index in [-0.39, 0.29) is 11.6 Å². The van der Waals surface area contributed by atoms with Gasteiger partial charge in [0.2, 0.25) is 0 Å². The molecule has 0 spiro atoms. The summed E-state index contributed by atoms with van der Waals surface area (Å²) in [5, 5.41) is 3.62. The molecule has 0 amide bonds. The molecular formula is C17H19NOS. The zero-order valence-corrected chi connectivity index (χ0v) is 12.8. The van der Waals surface area contributed by atoms with Crippen LogP contribution in [-0.2, 0) is 0 Å². The van der Waals surface area contributed by atoms with Gasteiger partial charge in [-0.3, -0.25) is 0 Å². The molecular weight excluding hydrogens is 266 g/mol. The Morgan fingerprint density at radius 1 is 1.10 bits per heavy atom. The van der Waals surface area contributed by atoms with E-state index >= 15 is 0 Å². The van der Waals surface area contributed by atoms with Crippen molar-refractivity contribution in [3.8, 4) is 5.75 Å². The Bertz CT molecular complexity index is 624. The lowest BCUT2D eigenvalue weighted by molar-refractivity contribution is 0.118. The average Bonchev–Trinajstić information content (AvgIpc) is 2.70. The molecule has 3 heteroatoms. The van der Waals surface area contributed by atoms with E-state index in [4.69, 9.17) is 4.74 Å². The normalized spacial score (nSPS) is 19.2. The van der Waals surface area contributed by atoms with Gasteiger partial charge in [0.1, 0.15) is 11.4 Å². The third kappa shape index (κ3) is 2.38. The van der Waals surface area contributed by atoms with Crippen molar-refractivity contribution >= 4 is 17.4 Å². The van der Waals surface area contributed by atoms with Gasteiger partial charge in [-0.05, 0) is 44.4 Å². The summed E-state index contributed by atoms with van der Waals surface area (Å²) in [7, 11) is 0. The van der Waals surface area contributed by atoms with E-state index in [1.807, 2.05) is 12.1 Å². The third-order valence-corrected chi connectivity index (χ3v) is 4.40. The fourth-order valence-corrected chi connectivity index (χ4v) is 3.12. The Morgan fingerprint density at radius 3 is 2.70 bits per heavy atom. The first-order chi connectivity index (χ1) is 9.60. The second-order valence-electron chi connectivity index (χ2n) is 5.55. The zero-order valence-electron chi connectivity index (χ0n) is 12.0. The lowest BCUT2D eigenvalue weighted by atomic mass is 9.94. The lowest BCUT2D eigenvalue weighted by Crippen LogP contribution is -2.34. The molecule has 0 saturated carbocycles. The smallest absolute Gasteiger partial charge is 0.128 e. The summed E-state index contributed by atoms with van der Waals surface area (Å²) < 4.78 is 6.07.